The van der Waals surface area contributed by atoms with Gasteiger partial charge in [0.05, 0.1) is 18.7 Å². The van der Waals surface area contributed by atoms with Crippen LogP contribution >= 0.6 is 0 Å². The van der Waals surface area contributed by atoms with Crippen LogP contribution in [0.1, 0.15) is 16.1 Å². The van der Waals surface area contributed by atoms with E-state index in [-0.39, 0.29) is 5.91 Å². The van der Waals surface area contributed by atoms with Crippen LogP contribution in [0.2, 0.25) is 0 Å². The molecule has 0 atom stereocenters. The van der Waals surface area contributed by atoms with E-state index in [1.54, 1.807) is 10.9 Å². The molecule has 0 spiro atoms. The van der Waals surface area contributed by atoms with Crippen LogP contribution < -0.4 is 5.32 Å². The summed E-state index contributed by atoms with van der Waals surface area (Å²) in [4.78, 5) is 18.0. The molecule has 15 heavy (non-hydrogen) atoms. The number of hydrogen-bond acceptors (Lipinski definition) is 3. The second-order valence-electron chi connectivity index (χ2n) is 3.17. The lowest BCUT2D eigenvalue weighted by Gasteiger charge is -2.00. The van der Waals surface area contributed by atoms with Gasteiger partial charge in [0, 0.05) is 25.4 Å². The molecule has 0 aliphatic rings. The van der Waals surface area contributed by atoms with Gasteiger partial charge >= 0.3 is 0 Å². The molecule has 0 radical (unpaired) electrons. The van der Waals surface area contributed by atoms with Crippen molar-refractivity contribution < 1.29 is 4.79 Å². The number of carbonyl (C=O) groups is 1. The van der Waals surface area contributed by atoms with Gasteiger partial charge in [-0.15, -0.1) is 0 Å². The van der Waals surface area contributed by atoms with Gasteiger partial charge in [-0.05, 0) is 0 Å². The molecule has 0 fully saturated rings. The first kappa shape index (κ1) is 9.45. The Labute approximate surface area is 86.3 Å². The molecule has 2 N–H and O–H groups in total. The van der Waals surface area contributed by atoms with E-state index in [4.69, 9.17) is 0 Å². The Morgan fingerprint density at radius 1 is 1.60 bits per heavy atom. The number of aromatic amines is 1. The van der Waals surface area contributed by atoms with Crippen LogP contribution in [0.3, 0.4) is 0 Å². The van der Waals surface area contributed by atoms with Gasteiger partial charge in [-0.3, -0.25) is 9.48 Å². The maximum absolute atomic E-state index is 11.5. The maximum atomic E-state index is 11.5. The van der Waals surface area contributed by atoms with Crippen LogP contribution in [0.15, 0.2) is 24.9 Å². The van der Waals surface area contributed by atoms with Crippen molar-refractivity contribution in [1.29, 1.82) is 0 Å². The first-order valence-corrected chi connectivity index (χ1v) is 4.50. The van der Waals surface area contributed by atoms with E-state index in [2.05, 4.69) is 20.4 Å². The summed E-state index contributed by atoms with van der Waals surface area (Å²) in [7, 11) is 1.83. The predicted octanol–water partition coefficient (Wildman–Crippen LogP) is 0.0732. The summed E-state index contributed by atoms with van der Waals surface area (Å²) in [6.07, 6.45) is 6.53. The first-order valence-electron chi connectivity index (χ1n) is 4.50. The van der Waals surface area contributed by atoms with E-state index >= 15 is 0 Å². The molecule has 0 aliphatic carbocycles. The van der Waals surface area contributed by atoms with Gasteiger partial charge in [-0.2, -0.15) is 5.10 Å². The zero-order chi connectivity index (χ0) is 10.7. The number of hydrogen-bond donors (Lipinski definition) is 2. The zero-order valence-electron chi connectivity index (χ0n) is 8.27. The number of H-pyrrole nitrogens is 1. The number of aryl methyl sites for hydroxylation is 1. The second kappa shape index (κ2) is 3.95. The highest BCUT2D eigenvalue weighted by Gasteiger charge is 2.06. The minimum atomic E-state index is -0.170. The number of nitrogens with one attached hydrogen (secondary N) is 2. The lowest BCUT2D eigenvalue weighted by atomic mass is 10.3. The quantitative estimate of drug-likeness (QED) is 0.744. The molecule has 0 saturated heterocycles. The summed E-state index contributed by atoms with van der Waals surface area (Å²) in [6.45, 7) is 0.464. The van der Waals surface area contributed by atoms with Crippen molar-refractivity contribution in [1.82, 2.24) is 25.1 Å². The minimum absolute atomic E-state index is 0.170. The standard InChI is InChI=1S/C9H11N5O/c1-14-5-7(3-13-14)2-11-9(15)8-4-10-6-12-8/h3-6H,2H2,1H3,(H,10,12)(H,11,15). The third-order valence-corrected chi connectivity index (χ3v) is 1.95. The number of carbonyl (C=O) groups excluding carboxylic acids is 1. The lowest BCUT2D eigenvalue weighted by Crippen LogP contribution is -2.22. The number of amides is 1. The van der Waals surface area contributed by atoms with E-state index in [0.717, 1.165) is 5.56 Å². The molecule has 6 nitrogen and oxygen atoms in total. The van der Waals surface area contributed by atoms with Gasteiger partial charge in [0.1, 0.15) is 5.69 Å². The van der Waals surface area contributed by atoms with Gasteiger partial charge in [-0.25, -0.2) is 4.98 Å². The van der Waals surface area contributed by atoms with Gasteiger partial charge in [0.2, 0.25) is 0 Å². The molecule has 0 aliphatic heterocycles. The van der Waals surface area contributed by atoms with Gasteiger partial charge in [0.15, 0.2) is 0 Å². The normalized spacial score (nSPS) is 10.2. The predicted molar refractivity (Wildman–Crippen MR) is 53.0 cm³/mol. The molecule has 0 bridgehead atoms. The van der Waals surface area contributed by atoms with Crippen LogP contribution in [0.5, 0.6) is 0 Å². The molecule has 6 heteroatoms. The summed E-state index contributed by atoms with van der Waals surface area (Å²) in [5.74, 6) is -0.170. The SMILES string of the molecule is Cn1cc(CNC(=O)c2cnc[nH]2)cn1. The Kier molecular flexibility index (Phi) is 2.49. The minimum Gasteiger partial charge on any atom is -0.347 e. The van der Waals surface area contributed by atoms with Crippen molar-refractivity contribution in [2.45, 2.75) is 6.54 Å². The van der Waals surface area contributed by atoms with Crippen molar-refractivity contribution in [2.75, 3.05) is 0 Å². The van der Waals surface area contributed by atoms with Crippen molar-refractivity contribution in [3.63, 3.8) is 0 Å². The average Bonchev–Trinajstić information content (AvgIpc) is 2.84. The molecule has 1 amide bonds. The monoisotopic (exact) mass is 205 g/mol. The van der Waals surface area contributed by atoms with E-state index in [0.29, 0.717) is 12.2 Å². The Hall–Kier alpha value is -2.11. The maximum Gasteiger partial charge on any atom is 0.269 e. The van der Waals surface area contributed by atoms with Crippen molar-refractivity contribution >= 4 is 5.91 Å². The van der Waals surface area contributed by atoms with Crippen molar-refractivity contribution in [2.24, 2.45) is 7.05 Å². The Balaban J connectivity index is 1.91. The highest BCUT2D eigenvalue weighted by Crippen LogP contribution is 1.96. The van der Waals surface area contributed by atoms with Crippen LogP contribution in [-0.4, -0.2) is 25.7 Å². The molecule has 0 saturated carbocycles. The number of imidazole rings is 1. The fourth-order valence-electron chi connectivity index (χ4n) is 1.22. The molecule has 2 rings (SSSR count). The van der Waals surface area contributed by atoms with Crippen molar-refractivity contribution in [3.05, 3.63) is 36.2 Å². The van der Waals surface area contributed by atoms with Gasteiger partial charge < -0.3 is 10.3 Å². The van der Waals surface area contributed by atoms with Crippen LogP contribution in [0.4, 0.5) is 0 Å². The van der Waals surface area contributed by atoms with E-state index < -0.39 is 0 Å². The second-order valence-corrected chi connectivity index (χ2v) is 3.17. The molecule has 2 aromatic rings. The van der Waals surface area contributed by atoms with Crippen LogP contribution in [0.25, 0.3) is 0 Å². The molecule has 2 heterocycles. The summed E-state index contributed by atoms with van der Waals surface area (Å²) >= 11 is 0. The smallest absolute Gasteiger partial charge is 0.269 e. The van der Waals surface area contributed by atoms with E-state index in [9.17, 15) is 4.79 Å². The fraction of sp³-hybridized carbons (Fsp3) is 0.222. The average molecular weight is 205 g/mol. The molecule has 0 unspecified atom stereocenters. The first-order chi connectivity index (χ1) is 7.25. The highest BCUT2D eigenvalue weighted by atomic mass is 16.1. The molecular formula is C9H11N5O. The lowest BCUT2D eigenvalue weighted by molar-refractivity contribution is 0.0946. The van der Waals surface area contributed by atoms with Crippen LogP contribution in [0, 0.1) is 0 Å². The Bertz CT molecular complexity index is 445. The summed E-state index contributed by atoms with van der Waals surface area (Å²) in [5.41, 5.74) is 1.42. The summed E-state index contributed by atoms with van der Waals surface area (Å²) in [5, 5.41) is 6.75. The fourth-order valence-corrected chi connectivity index (χ4v) is 1.22. The third kappa shape index (κ3) is 2.22. The summed E-state index contributed by atoms with van der Waals surface area (Å²) in [6, 6.07) is 0. The van der Waals surface area contributed by atoms with Gasteiger partial charge in [0.25, 0.3) is 5.91 Å². The number of rotatable bonds is 3. The van der Waals surface area contributed by atoms with E-state index in [1.807, 2.05) is 13.2 Å². The Morgan fingerprint density at radius 3 is 3.07 bits per heavy atom. The molecule has 2 aromatic heterocycles. The number of aromatic nitrogens is 4. The Morgan fingerprint density at radius 2 is 2.47 bits per heavy atom. The largest absolute Gasteiger partial charge is 0.347 e. The van der Waals surface area contributed by atoms with E-state index in [1.165, 1.54) is 12.5 Å². The highest BCUT2D eigenvalue weighted by molar-refractivity contribution is 5.91. The zero-order valence-corrected chi connectivity index (χ0v) is 8.27. The summed E-state index contributed by atoms with van der Waals surface area (Å²) < 4.78 is 1.69. The molecular weight excluding hydrogens is 194 g/mol. The molecule has 0 aromatic carbocycles. The molecule has 78 valence electrons. The number of nitrogens with zero attached hydrogens (tertiary/aromatic N) is 3. The third-order valence-electron chi connectivity index (χ3n) is 1.95. The van der Waals surface area contributed by atoms with Gasteiger partial charge in [-0.1, -0.05) is 0 Å². The van der Waals surface area contributed by atoms with Crippen LogP contribution in [-0.2, 0) is 13.6 Å². The topological polar surface area (TPSA) is 75.6 Å². The van der Waals surface area contributed by atoms with Crippen molar-refractivity contribution in [3.8, 4) is 0 Å².